The molecule has 3 heterocycles. The fourth-order valence-corrected chi connectivity index (χ4v) is 0.892. The second kappa shape index (κ2) is 1.72. The molecule has 58 valence electrons. The first-order valence-corrected chi connectivity index (χ1v) is 3.10. The zero-order valence-corrected chi connectivity index (χ0v) is 5.59. The zero-order chi connectivity index (χ0) is 7.97. The van der Waals surface area contributed by atoms with Gasteiger partial charge in [-0.2, -0.15) is 15.1 Å². The highest BCUT2D eigenvalue weighted by molar-refractivity contribution is 5.75. The zero-order valence-electron chi connectivity index (χ0n) is 5.59. The molecule has 0 aromatic carbocycles. The van der Waals surface area contributed by atoms with Crippen LogP contribution in [0.2, 0.25) is 0 Å². The van der Waals surface area contributed by atoms with Crippen LogP contribution in [0.4, 0.5) is 0 Å². The summed E-state index contributed by atoms with van der Waals surface area (Å²) in [5, 5.41) is 16.6. The van der Waals surface area contributed by atoms with E-state index in [0.717, 1.165) is 0 Å². The van der Waals surface area contributed by atoms with Crippen LogP contribution in [0.25, 0.3) is 22.6 Å². The molecule has 0 radical (unpaired) electrons. The molecule has 3 rings (SSSR count). The lowest BCUT2D eigenvalue weighted by molar-refractivity contribution is 0.314. The van der Waals surface area contributed by atoms with Crippen molar-refractivity contribution in [2.75, 3.05) is 0 Å². The molecule has 0 fully saturated rings. The van der Waals surface area contributed by atoms with E-state index in [4.69, 9.17) is 0 Å². The molecule has 8 heteroatoms. The van der Waals surface area contributed by atoms with Crippen LogP contribution < -0.4 is 0 Å². The Morgan fingerprint density at radius 2 is 1.83 bits per heavy atom. The van der Waals surface area contributed by atoms with Crippen molar-refractivity contribution >= 4 is 22.6 Å². The molecule has 0 saturated carbocycles. The third-order valence-electron chi connectivity index (χ3n) is 1.39. The van der Waals surface area contributed by atoms with Crippen molar-refractivity contribution in [3.05, 3.63) is 0 Å². The van der Waals surface area contributed by atoms with Gasteiger partial charge in [-0.05, 0) is 10.4 Å². The van der Waals surface area contributed by atoms with Gasteiger partial charge in [-0.25, -0.2) is 0 Å². The molecule has 3 aromatic rings. The van der Waals surface area contributed by atoms with E-state index >= 15 is 0 Å². The first-order chi connectivity index (χ1) is 5.93. The van der Waals surface area contributed by atoms with Gasteiger partial charge < -0.3 is 0 Å². The Hall–Kier alpha value is -2.12. The molecule has 0 saturated heterocycles. The summed E-state index contributed by atoms with van der Waals surface area (Å²) in [5.41, 5.74) is 1.54. The Labute approximate surface area is 64.0 Å². The highest BCUT2D eigenvalue weighted by atomic mass is 16.6. The van der Waals surface area contributed by atoms with E-state index in [2.05, 4.69) is 40.3 Å². The van der Waals surface area contributed by atoms with Gasteiger partial charge in [0, 0.05) is 0 Å². The number of rotatable bonds is 0. The van der Waals surface area contributed by atoms with Gasteiger partial charge in [0.15, 0.2) is 0 Å². The van der Waals surface area contributed by atoms with E-state index in [9.17, 15) is 0 Å². The predicted octanol–water partition coefficient (Wildman–Crippen LogP) is -0.716. The van der Waals surface area contributed by atoms with Crippen LogP contribution in [0.3, 0.4) is 0 Å². The highest BCUT2D eigenvalue weighted by Gasteiger charge is 2.07. The summed E-state index contributed by atoms with van der Waals surface area (Å²) in [6, 6.07) is 0. The quantitative estimate of drug-likeness (QED) is 0.466. The van der Waals surface area contributed by atoms with E-state index in [-0.39, 0.29) is 0 Å². The van der Waals surface area contributed by atoms with E-state index in [1.165, 1.54) is 0 Å². The molecule has 1 N–H and O–H groups in total. The molecule has 0 amide bonds. The Bertz CT molecular complexity index is 447. The van der Waals surface area contributed by atoms with Crippen LogP contribution in [0, 0.1) is 0 Å². The number of nitrogens with one attached hydrogen (secondary N) is 1. The number of nitrogens with zero attached hydrogens (tertiary/aromatic N) is 6. The van der Waals surface area contributed by atoms with Crippen molar-refractivity contribution in [1.29, 1.82) is 0 Å². The lowest BCUT2D eigenvalue weighted by atomic mass is 10.6. The van der Waals surface area contributed by atoms with Crippen LogP contribution in [-0.2, 0) is 0 Å². The Balaban J connectivity index is 2.62. The normalized spacial score (nSPS) is 11.3. The summed E-state index contributed by atoms with van der Waals surface area (Å²) in [4.78, 5) is 7.95. The van der Waals surface area contributed by atoms with Crippen LogP contribution in [-0.4, -0.2) is 35.7 Å². The molecular formula is C4HN7O. The third-order valence-corrected chi connectivity index (χ3v) is 1.39. The molecule has 0 bridgehead atoms. The highest BCUT2D eigenvalue weighted by Crippen LogP contribution is 2.06. The second-order valence-electron chi connectivity index (χ2n) is 2.12. The summed E-state index contributed by atoms with van der Waals surface area (Å²) in [6.45, 7) is 0. The van der Waals surface area contributed by atoms with Crippen molar-refractivity contribution in [3.63, 3.8) is 0 Å². The number of aromatic nitrogens is 7. The monoisotopic (exact) mass is 163 g/mol. The first kappa shape index (κ1) is 5.52. The lowest BCUT2D eigenvalue weighted by Crippen LogP contribution is -1.84. The van der Waals surface area contributed by atoms with Crippen LogP contribution in [0.15, 0.2) is 4.63 Å². The second-order valence-corrected chi connectivity index (χ2v) is 2.12. The Morgan fingerprint density at radius 3 is 2.75 bits per heavy atom. The van der Waals surface area contributed by atoms with Gasteiger partial charge >= 0.3 is 0 Å². The number of hydrogen-bond acceptors (Lipinski definition) is 7. The average molecular weight is 163 g/mol. The summed E-state index contributed by atoms with van der Waals surface area (Å²) in [6.07, 6.45) is 0. The Kier molecular flexibility index (Phi) is 0.793. The Morgan fingerprint density at radius 1 is 1.00 bits per heavy atom. The van der Waals surface area contributed by atoms with Crippen molar-refractivity contribution < 1.29 is 4.63 Å². The third kappa shape index (κ3) is 0.557. The van der Waals surface area contributed by atoms with Gasteiger partial charge in [0.2, 0.25) is 22.6 Å². The van der Waals surface area contributed by atoms with Gasteiger partial charge in [-0.15, -0.1) is 10.2 Å². The average Bonchev–Trinajstić information content (AvgIpc) is 2.64. The predicted molar refractivity (Wildman–Crippen MR) is 34.8 cm³/mol. The summed E-state index contributed by atoms with van der Waals surface area (Å²) >= 11 is 0. The van der Waals surface area contributed by atoms with Gasteiger partial charge in [0.05, 0.1) is 0 Å². The van der Waals surface area contributed by atoms with E-state index in [1.54, 1.807) is 0 Å². The van der Waals surface area contributed by atoms with Crippen molar-refractivity contribution in [1.82, 2.24) is 35.7 Å². The number of aromatic amines is 1. The van der Waals surface area contributed by atoms with E-state index in [0.29, 0.717) is 22.6 Å². The summed E-state index contributed by atoms with van der Waals surface area (Å²) in [5.74, 6) is 0. The van der Waals surface area contributed by atoms with Crippen LogP contribution >= 0.6 is 0 Å². The van der Waals surface area contributed by atoms with Crippen LogP contribution in [0.5, 0.6) is 0 Å². The van der Waals surface area contributed by atoms with Crippen molar-refractivity contribution in [2.45, 2.75) is 0 Å². The molecule has 0 aliphatic carbocycles. The van der Waals surface area contributed by atoms with Crippen molar-refractivity contribution in [2.24, 2.45) is 0 Å². The molecule has 0 unspecified atom stereocenters. The van der Waals surface area contributed by atoms with Crippen molar-refractivity contribution in [3.8, 4) is 0 Å². The molecule has 8 nitrogen and oxygen atoms in total. The maximum atomic E-state index is 4.53. The summed E-state index contributed by atoms with van der Waals surface area (Å²) in [7, 11) is 0. The molecular weight excluding hydrogens is 162 g/mol. The molecule has 12 heavy (non-hydrogen) atoms. The first-order valence-electron chi connectivity index (χ1n) is 3.10. The largest absolute Gasteiger partial charge is 0.267 e. The molecule has 0 atom stereocenters. The molecule has 0 aliphatic heterocycles. The smallest absolute Gasteiger partial charge is 0.242 e. The molecule has 3 aromatic heterocycles. The molecule has 0 spiro atoms. The minimum atomic E-state index is 0.366. The fraction of sp³-hybridized carbons (Fsp3) is 0. The maximum absolute atomic E-state index is 4.53. The minimum absolute atomic E-state index is 0.366. The topological polar surface area (TPSA) is 106 Å². The van der Waals surface area contributed by atoms with E-state index in [1.807, 2.05) is 0 Å². The number of H-pyrrole nitrogens is 1. The van der Waals surface area contributed by atoms with E-state index < -0.39 is 0 Å². The number of hydrogen-bond donors (Lipinski definition) is 1. The summed E-state index contributed by atoms with van der Waals surface area (Å²) < 4.78 is 4.53. The van der Waals surface area contributed by atoms with Crippen LogP contribution in [0.1, 0.15) is 0 Å². The standard InChI is InChI=1S/C4HN7O/c5-1-2(8-11-7-1)6-4-3(5)9-12-10-4/h(H,5,6,7,8,9,10). The minimum Gasteiger partial charge on any atom is -0.267 e. The maximum Gasteiger partial charge on any atom is 0.242 e. The van der Waals surface area contributed by atoms with Gasteiger partial charge in [0.1, 0.15) is 0 Å². The van der Waals surface area contributed by atoms with Gasteiger partial charge in [-0.1, -0.05) is 0 Å². The fourth-order valence-electron chi connectivity index (χ4n) is 0.892. The molecule has 0 aliphatic rings. The van der Waals surface area contributed by atoms with Gasteiger partial charge in [0.25, 0.3) is 0 Å². The number of fused-ring (bicyclic) bond motifs is 2. The van der Waals surface area contributed by atoms with Gasteiger partial charge in [-0.3, -0.25) is 4.63 Å². The SMILES string of the molecule is n1nc2nc3no[nH]c3nc2n1. The lowest BCUT2D eigenvalue weighted by Gasteiger charge is -1.81.